The topological polar surface area (TPSA) is 38.4 Å². The van der Waals surface area contributed by atoms with Gasteiger partial charge in [-0.3, -0.25) is 4.99 Å². The number of aliphatic imine (C=N–C) groups is 1. The maximum absolute atomic E-state index is 5.30. The molecule has 0 radical (unpaired) electrons. The molecule has 0 aromatic heterocycles. The summed E-state index contributed by atoms with van der Waals surface area (Å²) in [5.41, 5.74) is 6.71. The van der Waals surface area contributed by atoms with Gasteiger partial charge < -0.3 is 5.73 Å². The largest absolute Gasteiger partial charge is 0.379 e. The zero-order chi connectivity index (χ0) is 11.5. The highest BCUT2D eigenvalue weighted by Crippen LogP contribution is 1.97. The van der Waals surface area contributed by atoms with E-state index in [2.05, 4.69) is 36.2 Å². The van der Waals surface area contributed by atoms with Crippen LogP contribution in [0, 0.1) is 0 Å². The van der Waals surface area contributed by atoms with E-state index in [1.807, 2.05) is 13.0 Å². The summed E-state index contributed by atoms with van der Waals surface area (Å²) in [5, 5.41) is 0.669. The molecule has 0 fully saturated rings. The Morgan fingerprint density at radius 3 is 2.13 bits per heavy atom. The Hall–Kier alpha value is -0.960. The van der Waals surface area contributed by atoms with E-state index in [1.165, 1.54) is 5.56 Å². The lowest BCUT2D eigenvalue weighted by molar-refractivity contribution is 1.14. The second-order valence-electron chi connectivity index (χ2n) is 2.83. The standard InChI is InChI=1S/C8H10.C4H10N2S/c1-2-8-6-4-3-5-7-8;1-3-7-4(5)6-2/h3-7H,2H2,1H3;3H2,1-2H3,(H2,5,6). The molecule has 15 heavy (non-hydrogen) atoms. The normalized spacial score (nSPS) is 10.5. The Balaban J connectivity index is 0.000000265. The van der Waals surface area contributed by atoms with Crippen LogP contribution in [0.2, 0.25) is 0 Å². The van der Waals surface area contributed by atoms with Crippen LogP contribution >= 0.6 is 11.8 Å². The number of hydrogen-bond donors (Lipinski definition) is 1. The highest BCUT2D eigenvalue weighted by Gasteiger charge is 1.82. The van der Waals surface area contributed by atoms with Crippen LogP contribution in [-0.2, 0) is 6.42 Å². The predicted molar refractivity (Wildman–Crippen MR) is 71.5 cm³/mol. The fraction of sp³-hybridized carbons (Fsp3) is 0.417. The van der Waals surface area contributed by atoms with Gasteiger partial charge in [0.05, 0.1) is 0 Å². The first-order valence-electron chi connectivity index (χ1n) is 5.13. The molecule has 0 aliphatic heterocycles. The molecule has 0 atom stereocenters. The van der Waals surface area contributed by atoms with Crippen molar-refractivity contribution in [3.05, 3.63) is 35.9 Å². The first kappa shape index (κ1) is 14.0. The van der Waals surface area contributed by atoms with Gasteiger partial charge in [-0.05, 0) is 17.7 Å². The summed E-state index contributed by atoms with van der Waals surface area (Å²) in [5.74, 6) is 1.00. The maximum Gasteiger partial charge on any atom is 0.153 e. The molecule has 0 spiro atoms. The van der Waals surface area contributed by atoms with Gasteiger partial charge in [-0.1, -0.05) is 55.9 Å². The fourth-order valence-corrected chi connectivity index (χ4v) is 1.35. The average molecular weight is 224 g/mol. The summed E-state index contributed by atoms with van der Waals surface area (Å²) in [4.78, 5) is 3.74. The summed E-state index contributed by atoms with van der Waals surface area (Å²) < 4.78 is 0. The van der Waals surface area contributed by atoms with Crippen LogP contribution in [0.4, 0.5) is 0 Å². The Kier molecular flexibility index (Phi) is 8.98. The van der Waals surface area contributed by atoms with Crippen LogP contribution in [0.5, 0.6) is 0 Å². The number of rotatable bonds is 2. The monoisotopic (exact) mass is 224 g/mol. The zero-order valence-electron chi connectivity index (χ0n) is 9.73. The van der Waals surface area contributed by atoms with Crippen molar-refractivity contribution in [1.29, 1.82) is 0 Å². The lowest BCUT2D eigenvalue weighted by Crippen LogP contribution is -2.05. The molecule has 0 heterocycles. The first-order chi connectivity index (χ1) is 7.24. The summed E-state index contributed by atoms with van der Waals surface area (Å²) >= 11 is 1.56. The molecule has 0 aliphatic rings. The summed E-state index contributed by atoms with van der Waals surface area (Å²) in [6, 6.07) is 10.5. The number of hydrogen-bond acceptors (Lipinski definition) is 2. The molecular weight excluding hydrogens is 204 g/mol. The van der Waals surface area contributed by atoms with Crippen LogP contribution in [0.3, 0.4) is 0 Å². The molecule has 0 bridgehead atoms. The third kappa shape index (κ3) is 8.06. The van der Waals surface area contributed by atoms with E-state index >= 15 is 0 Å². The van der Waals surface area contributed by atoms with Crippen LogP contribution in [0.25, 0.3) is 0 Å². The summed E-state index contributed by atoms with van der Waals surface area (Å²) in [7, 11) is 1.69. The van der Waals surface area contributed by atoms with Crippen molar-refractivity contribution in [2.45, 2.75) is 20.3 Å². The average Bonchev–Trinajstić information content (AvgIpc) is 2.31. The molecule has 0 saturated heterocycles. The highest BCUT2D eigenvalue weighted by molar-refractivity contribution is 8.13. The number of nitrogens with zero attached hydrogens (tertiary/aromatic N) is 1. The Morgan fingerprint density at radius 2 is 1.87 bits per heavy atom. The Labute approximate surface area is 97.0 Å². The molecule has 3 heteroatoms. The van der Waals surface area contributed by atoms with E-state index in [0.29, 0.717) is 5.17 Å². The molecule has 84 valence electrons. The lowest BCUT2D eigenvalue weighted by atomic mass is 10.2. The molecule has 1 aromatic carbocycles. The van der Waals surface area contributed by atoms with Crippen molar-refractivity contribution in [3.63, 3.8) is 0 Å². The molecule has 0 amide bonds. The highest BCUT2D eigenvalue weighted by atomic mass is 32.2. The second-order valence-corrected chi connectivity index (χ2v) is 4.12. The maximum atomic E-state index is 5.30. The van der Waals surface area contributed by atoms with Gasteiger partial charge in [-0.25, -0.2) is 0 Å². The van der Waals surface area contributed by atoms with Gasteiger partial charge in [-0.2, -0.15) is 0 Å². The van der Waals surface area contributed by atoms with E-state index in [1.54, 1.807) is 18.8 Å². The molecule has 2 N–H and O–H groups in total. The van der Waals surface area contributed by atoms with Crippen LogP contribution < -0.4 is 5.73 Å². The van der Waals surface area contributed by atoms with Gasteiger partial charge in [0.2, 0.25) is 0 Å². The molecule has 1 aromatic rings. The predicted octanol–water partition coefficient (Wildman–Crippen LogP) is 2.93. The van der Waals surface area contributed by atoms with Gasteiger partial charge in [0.1, 0.15) is 0 Å². The van der Waals surface area contributed by atoms with Crippen molar-refractivity contribution in [2.75, 3.05) is 12.8 Å². The molecule has 0 aliphatic carbocycles. The molecule has 0 saturated carbocycles. The third-order valence-corrected chi connectivity index (χ3v) is 2.53. The lowest BCUT2D eigenvalue weighted by Gasteiger charge is -1.89. The van der Waals surface area contributed by atoms with E-state index in [-0.39, 0.29) is 0 Å². The minimum Gasteiger partial charge on any atom is -0.379 e. The van der Waals surface area contributed by atoms with Gasteiger partial charge in [0.25, 0.3) is 0 Å². The Morgan fingerprint density at radius 1 is 1.27 bits per heavy atom. The number of nitrogens with two attached hydrogens (primary N) is 1. The molecule has 0 unspecified atom stereocenters. The van der Waals surface area contributed by atoms with Gasteiger partial charge in [0, 0.05) is 7.05 Å². The smallest absolute Gasteiger partial charge is 0.153 e. The first-order valence-corrected chi connectivity index (χ1v) is 6.12. The number of aryl methyl sites for hydroxylation is 1. The van der Waals surface area contributed by atoms with E-state index < -0.39 is 0 Å². The Bertz CT molecular complexity index is 270. The summed E-state index contributed by atoms with van der Waals surface area (Å²) in [6.45, 7) is 4.21. The third-order valence-electron chi connectivity index (χ3n) is 1.76. The van der Waals surface area contributed by atoms with Gasteiger partial charge in [-0.15, -0.1) is 0 Å². The molecule has 2 nitrogen and oxygen atoms in total. The number of benzene rings is 1. The number of amidine groups is 1. The fourth-order valence-electron chi connectivity index (χ4n) is 0.926. The van der Waals surface area contributed by atoms with Crippen LogP contribution in [0.15, 0.2) is 35.3 Å². The zero-order valence-corrected chi connectivity index (χ0v) is 10.6. The minimum absolute atomic E-state index is 0.669. The second kappa shape index (κ2) is 9.59. The van der Waals surface area contributed by atoms with Crippen molar-refractivity contribution in [2.24, 2.45) is 10.7 Å². The van der Waals surface area contributed by atoms with Crippen LogP contribution in [-0.4, -0.2) is 18.0 Å². The van der Waals surface area contributed by atoms with E-state index in [4.69, 9.17) is 5.73 Å². The summed E-state index contributed by atoms with van der Waals surface area (Å²) in [6.07, 6.45) is 1.14. The van der Waals surface area contributed by atoms with Crippen molar-refractivity contribution in [3.8, 4) is 0 Å². The van der Waals surface area contributed by atoms with E-state index in [0.717, 1.165) is 12.2 Å². The number of thioether (sulfide) groups is 1. The van der Waals surface area contributed by atoms with Crippen molar-refractivity contribution < 1.29 is 0 Å². The quantitative estimate of drug-likeness (QED) is 0.619. The SMILES string of the molecule is CCSC(N)=NC.CCc1ccccc1. The minimum atomic E-state index is 0.669. The van der Waals surface area contributed by atoms with Crippen molar-refractivity contribution >= 4 is 16.9 Å². The molecular formula is C12H20N2S. The van der Waals surface area contributed by atoms with E-state index in [9.17, 15) is 0 Å². The van der Waals surface area contributed by atoms with Crippen LogP contribution in [0.1, 0.15) is 19.4 Å². The molecule has 1 rings (SSSR count). The van der Waals surface area contributed by atoms with Gasteiger partial charge >= 0.3 is 0 Å². The van der Waals surface area contributed by atoms with Gasteiger partial charge in [0.15, 0.2) is 5.17 Å². The van der Waals surface area contributed by atoms with Crippen molar-refractivity contribution in [1.82, 2.24) is 0 Å².